The van der Waals surface area contributed by atoms with Crippen molar-refractivity contribution in [2.75, 3.05) is 19.5 Å². The Balaban J connectivity index is 1.80. The van der Waals surface area contributed by atoms with Crippen molar-refractivity contribution in [1.82, 2.24) is 0 Å². The lowest BCUT2D eigenvalue weighted by molar-refractivity contribution is 0.0697. The lowest BCUT2D eigenvalue weighted by Crippen LogP contribution is -2.09. The maximum atomic E-state index is 10.7. The summed E-state index contributed by atoms with van der Waals surface area (Å²) in [6.45, 7) is 0.827. The first-order valence-corrected chi connectivity index (χ1v) is 7.65. The first kappa shape index (κ1) is 15.3. The van der Waals surface area contributed by atoms with Crippen LogP contribution in [0.3, 0.4) is 0 Å². The van der Waals surface area contributed by atoms with Gasteiger partial charge in [-0.1, -0.05) is 12.1 Å². The molecule has 0 atom stereocenters. The van der Waals surface area contributed by atoms with Crippen LogP contribution in [0, 0.1) is 0 Å². The van der Waals surface area contributed by atoms with Crippen LogP contribution in [0.15, 0.2) is 53.4 Å². The van der Waals surface area contributed by atoms with Crippen LogP contribution in [-0.2, 0) is 0 Å². The fraction of sp³-hybridized carbons (Fsp3) is 0.188. The molecule has 0 unspecified atom stereocenters. The van der Waals surface area contributed by atoms with Gasteiger partial charge in [-0.05, 0) is 42.7 Å². The molecule has 0 fully saturated rings. The van der Waals surface area contributed by atoms with Gasteiger partial charge in [0.05, 0.1) is 5.56 Å². The molecule has 5 heteroatoms. The van der Waals surface area contributed by atoms with Crippen LogP contribution in [0.25, 0.3) is 0 Å². The minimum Gasteiger partial charge on any atom is -0.490 e. The van der Waals surface area contributed by atoms with Crippen LogP contribution in [0.5, 0.6) is 11.5 Å². The van der Waals surface area contributed by atoms with Gasteiger partial charge in [0.1, 0.15) is 24.7 Å². The van der Waals surface area contributed by atoms with E-state index in [2.05, 4.69) is 0 Å². The number of thioether (sulfide) groups is 1. The average Bonchev–Trinajstić information content (AvgIpc) is 2.52. The van der Waals surface area contributed by atoms with Crippen LogP contribution >= 0.6 is 11.8 Å². The Morgan fingerprint density at radius 3 is 2.38 bits per heavy atom. The molecule has 2 aromatic rings. The van der Waals surface area contributed by atoms with E-state index in [0.29, 0.717) is 19.0 Å². The molecule has 0 aliphatic rings. The second kappa shape index (κ2) is 7.59. The topological polar surface area (TPSA) is 55.8 Å². The summed E-state index contributed by atoms with van der Waals surface area (Å²) in [7, 11) is 0. The molecule has 0 heterocycles. The number of para-hydroxylation sites is 1. The van der Waals surface area contributed by atoms with Crippen molar-refractivity contribution in [2.45, 2.75) is 4.90 Å². The number of carboxylic acid groups (broad SMARTS) is 1. The van der Waals surface area contributed by atoms with Crippen molar-refractivity contribution < 1.29 is 19.4 Å². The Hall–Kier alpha value is -2.14. The van der Waals surface area contributed by atoms with Crippen LogP contribution in [0.2, 0.25) is 0 Å². The maximum Gasteiger partial charge on any atom is 0.335 e. The first-order valence-electron chi connectivity index (χ1n) is 6.42. The molecule has 21 heavy (non-hydrogen) atoms. The zero-order chi connectivity index (χ0) is 15.1. The normalized spacial score (nSPS) is 10.1. The number of carbonyl (C=O) groups is 1. The number of carboxylic acids is 1. The van der Waals surface area contributed by atoms with E-state index in [4.69, 9.17) is 14.6 Å². The maximum absolute atomic E-state index is 10.7. The highest BCUT2D eigenvalue weighted by atomic mass is 32.2. The molecule has 2 aromatic carbocycles. The third-order valence-corrected chi connectivity index (χ3v) is 3.56. The summed E-state index contributed by atoms with van der Waals surface area (Å²) >= 11 is 1.63. The molecule has 110 valence electrons. The SMILES string of the molecule is CSc1ccccc1OCCOc1ccc(C(=O)O)cc1. The minimum absolute atomic E-state index is 0.243. The molecule has 0 bridgehead atoms. The zero-order valence-corrected chi connectivity index (χ0v) is 12.4. The van der Waals surface area contributed by atoms with Crippen LogP contribution < -0.4 is 9.47 Å². The summed E-state index contributed by atoms with van der Waals surface area (Å²) in [5.41, 5.74) is 0.243. The number of benzene rings is 2. The van der Waals surface area contributed by atoms with Gasteiger partial charge >= 0.3 is 5.97 Å². The van der Waals surface area contributed by atoms with Crippen LogP contribution in [0.4, 0.5) is 0 Å². The van der Waals surface area contributed by atoms with Gasteiger partial charge in [0.25, 0.3) is 0 Å². The molecule has 0 amide bonds. The molecule has 0 aliphatic carbocycles. The molecule has 0 radical (unpaired) electrons. The molecule has 0 aromatic heterocycles. The minimum atomic E-state index is -0.946. The number of rotatable bonds is 7. The lowest BCUT2D eigenvalue weighted by atomic mass is 10.2. The van der Waals surface area contributed by atoms with Crippen molar-refractivity contribution in [3.63, 3.8) is 0 Å². The highest BCUT2D eigenvalue weighted by Crippen LogP contribution is 2.26. The first-order chi connectivity index (χ1) is 10.2. The summed E-state index contributed by atoms with van der Waals surface area (Å²) in [6, 6.07) is 14.1. The van der Waals surface area contributed by atoms with Gasteiger partial charge in [0.2, 0.25) is 0 Å². The summed E-state index contributed by atoms with van der Waals surface area (Å²) in [5.74, 6) is 0.523. The van der Waals surface area contributed by atoms with Crippen molar-refractivity contribution in [2.24, 2.45) is 0 Å². The summed E-state index contributed by atoms with van der Waals surface area (Å²) in [4.78, 5) is 11.8. The monoisotopic (exact) mass is 304 g/mol. The second-order valence-electron chi connectivity index (χ2n) is 4.18. The highest BCUT2D eigenvalue weighted by Gasteiger charge is 2.03. The van der Waals surface area contributed by atoms with Gasteiger partial charge in [-0.3, -0.25) is 0 Å². The second-order valence-corrected chi connectivity index (χ2v) is 5.03. The lowest BCUT2D eigenvalue weighted by Gasteiger charge is -2.10. The fourth-order valence-corrected chi connectivity index (χ4v) is 2.29. The molecule has 4 nitrogen and oxygen atoms in total. The molecular weight excluding hydrogens is 288 g/mol. The Labute approximate surface area is 127 Å². The summed E-state index contributed by atoms with van der Waals surface area (Å²) < 4.78 is 11.2. The predicted molar refractivity (Wildman–Crippen MR) is 82.6 cm³/mol. The largest absolute Gasteiger partial charge is 0.490 e. The molecule has 0 saturated carbocycles. The van der Waals surface area contributed by atoms with Gasteiger partial charge in [0, 0.05) is 4.90 Å². The van der Waals surface area contributed by atoms with E-state index in [1.807, 2.05) is 30.5 Å². The third kappa shape index (κ3) is 4.43. The standard InChI is InChI=1S/C16H16O4S/c1-21-15-5-3-2-4-14(15)20-11-10-19-13-8-6-12(7-9-13)16(17)18/h2-9H,10-11H2,1H3,(H,17,18). The van der Waals surface area contributed by atoms with Gasteiger partial charge in [-0.2, -0.15) is 0 Å². The van der Waals surface area contributed by atoms with E-state index in [1.165, 1.54) is 12.1 Å². The highest BCUT2D eigenvalue weighted by molar-refractivity contribution is 7.98. The fourth-order valence-electron chi connectivity index (χ4n) is 1.74. The Morgan fingerprint density at radius 2 is 1.71 bits per heavy atom. The number of aromatic carboxylic acids is 1. The van der Waals surface area contributed by atoms with Crippen LogP contribution in [-0.4, -0.2) is 30.5 Å². The van der Waals surface area contributed by atoms with Crippen LogP contribution in [0.1, 0.15) is 10.4 Å². The Bertz CT molecular complexity index is 595. The van der Waals surface area contributed by atoms with E-state index >= 15 is 0 Å². The van der Waals surface area contributed by atoms with Gasteiger partial charge in [-0.25, -0.2) is 4.79 Å². The zero-order valence-electron chi connectivity index (χ0n) is 11.6. The number of ether oxygens (including phenoxy) is 2. The number of hydrogen-bond donors (Lipinski definition) is 1. The predicted octanol–water partition coefficient (Wildman–Crippen LogP) is 3.56. The molecule has 0 aliphatic heterocycles. The van der Waals surface area contributed by atoms with E-state index in [1.54, 1.807) is 23.9 Å². The molecule has 0 saturated heterocycles. The van der Waals surface area contributed by atoms with Crippen molar-refractivity contribution in [1.29, 1.82) is 0 Å². The van der Waals surface area contributed by atoms with Gasteiger partial charge in [-0.15, -0.1) is 11.8 Å². The quantitative estimate of drug-likeness (QED) is 0.626. The summed E-state index contributed by atoms with van der Waals surface area (Å²) in [5, 5.41) is 8.80. The van der Waals surface area contributed by atoms with Crippen molar-refractivity contribution in [3.8, 4) is 11.5 Å². The molecule has 2 rings (SSSR count). The van der Waals surface area contributed by atoms with Crippen molar-refractivity contribution in [3.05, 3.63) is 54.1 Å². The van der Waals surface area contributed by atoms with Crippen molar-refractivity contribution >= 4 is 17.7 Å². The number of hydrogen-bond acceptors (Lipinski definition) is 4. The van der Waals surface area contributed by atoms with E-state index in [0.717, 1.165) is 10.6 Å². The van der Waals surface area contributed by atoms with Gasteiger partial charge in [0.15, 0.2) is 0 Å². The average molecular weight is 304 g/mol. The van der Waals surface area contributed by atoms with E-state index in [-0.39, 0.29) is 5.56 Å². The Morgan fingerprint density at radius 1 is 1.05 bits per heavy atom. The Kier molecular flexibility index (Phi) is 5.51. The van der Waals surface area contributed by atoms with E-state index < -0.39 is 5.97 Å². The molecule has 1 N–H and O–H groups in total. The molecule has 0 spiro atoms. The third-order valence-electron chi connectivity index (χ3n) is 2.78. The molecular formula is C16H16O4S. The summed E-state index contributed by atoms with van der Waals surface area (Å²) in [6.07, 6.45) is 2.00. The van der Waals surface area contributed by atoms with Gasteiger partial charge < -0.3 is 14.6 Å². The van der Waals surface area contributed by atoms with E-state index in [9.17, 15) is 4.79 Å². The smallest absolute Gasteiger partial charge is 0.335 e.